The lowest BCUT2D eigenvalue weighted by Crippen LogP contribution is -3.14. The van der Waals surface area contributed by atoms with E-state index in [9.17, 15) is 14.4 Å². The van der Waals surface area contributed by atoms with Gasteiger partial charge in [0.15, 0.2) is 6.67 Å². The maximum absolute atomic E-state index is 12.8. The number of quaternary nitrogens is 1. The zero-order chi connectivity index (χ0) is 20.2. The molecule has 0 saturated carbocycles. The molecule has 2 aromatic carbocycles. The predicted octanol–water partition coefficient (Wildman–Crippen LogP) is 1.42. The molecule has 0 spiro atoms. The molecule has 4 rings (SSSR count). The number of carbonyl (C=O) groups excluding carboxylic acids is 3. The molecule has 0 aromatic heterocycles. The van der Waals surface area contributed by atoms with E-state index in [1.165, 1.54) is 9.80 Å². The van der Waals surface area contributed by atoms with Crippen LogP contribution in [0.3, 0.4) is 0 Å². The van der Waals surface area contributed by atoms with Crippen molar-refractivity contribution >= 4 is 23.4 Å². The minimum Gasteiger partial charge on any atom is -0.326 e. The summed E-state index contributed by atoms with van der Waals surface area (Å²) in [7, 11) is 0. The van der Waals surface area contributed by atoms with Gasteiger partial charge in [0.25, 0.3) is 0 Å². The van der Waals surface area contributed by atoms with Crippen LogP contribution in [0.5, 0.6) is 0 Å². The molecule has 29 heavy (non-hydrogen) atoms. The fraction of sp³-hybridized carbons (Fsp3) is 0.348. The van der Waals surface area contributed by atoms with Crippen LogP contribution in [0.15, 0.2) is 60.7 Å². The molecule has 6 heteroatoms. The van der Waals surface area contributed by atoms with Gasteiger partial charge in [0.1, 0.15) is 0 Å². The van der Waals surface area contributed by atoms with E-state index in [2.05, 4.69) is 5.32 Å². The van der Waals surface area contributed by atoms with Crippen molar-refractivity contribution in [3.05, 3.63) is 66.2 Å². The maximum atomic E-state index is 12.8. The lowest BCUT2D eigenvalue weighted by atomic mass is 9.96. The van der Waals surface area contributed by atoms with Crippen LogP contribution >= 0.6 is 0 Å². The molecule has 1 atom stereocenters. The first-order valence-electron chi connectivity index (χ1n) is 10.2. The highest BCUT2D eigenvalue weighted by Gasteiger charge is 2.41. The number of amides is 3. The van der Waals surface area contributed by atoms with Crippen LogP contribution in [-0.2, 0) is 14.4 Å². The van der Waals surface area contributed by atoms with Crippen molar-refractivity contribution in [2.75, 3.05) is 25.1 Å². The fourth-order valence-electron chi connectivity index (χ4n) is 4.23. The molecular weight excluding hydrogens is 366 g/mol. The molecule has 2 heterocycles. The topological polar surface area (TPSA) is 70.9 Å². The van der Waals surface area contributed by atoms with Crippen LogP contribution in [0.1, 0.15) is 30.7 Å². The Morgan fingerprint density at radius 2 is 1.59 bits per heavy atom. The average molecular weight is 392 g/mol. The summed E-state index contributed by atoms with van der Waals surface area (Å²) in [5.74, 6) is -0.538. The SMILES string of the molecule is O=C(Nc1ccccc1)C1CC[NH+](CN2C(=O)C[C@@H](c3ccccc3)C2=O)CC1. The Hall–Kier alpha value is -2.99. The zero-order valence-electron chi connectivity index (χ0n) is 16.3. The van der Waals surface area contributed by atoms with Crippen LogP contribution in [0, 0.1) is 5.92 Å². The summed E-state index contributed by atoms with van der Waals surface area (Å²) in [6.07, 6.45) is 1.76. The summed E-state index contributed by atoms with van der Waals surface area (Å²) >= 11 is 0. The minimum atomic E-state index is -0.364. The van der Waals surface area contributed by atoms with E-state index in [4.69, 9.17) is 0 Å². The number of nitrogens with one attached hydrogen (secondary N) is 2. The maximum Gasteiger partial charge on any atom is 0.241 e. The second-order valence-electron chi connectivity index (χ2n) is 7.87. The molecule has 2 N–H and O–H groups in total. The molecule has 2 saturated heterocycles. The van der Waals surface area contributed by atoms with Crippen molar-refractivity contribution in [2.45, 2.75) is 25.2 Å². The number of likely N-dealkylation sites (tertiary alicyclic amines) is 2. The molecule has 2 fully saturated rings. The summed E-state index contributed by atoms with van der Waals surface area (Å²) in [5.41, 5.74) is 1.71. The summed E-state index contributed by atoms with van der Waals surface area (Å²) in [6.45, 7) is 1.95. The lowest BCUT2D eigenvalue weighted by molar-refractivity contribution is -0.913. The first-order valence-corrected chi connectivity index (χ1v) is 10.2. The number of nitrogens with zero attached hydrogens (tertiary/aromatic N) is 1. The minimum absolute atomic E-state index is 0.0268. The van der Waals surface area contributed by atoms with Gasteiger partial charge < -0.3 is 10.2 Å². The van der Waals surface area contributed by atoms with Gasteiger partial charge in [-0.1, -0.05) is 48.5 Å². The number of imide groups is 1. The van der Waals surface area contributed by atoms with E-state index in [0.717, 1.165) is 37.2 Å². The molecule has 2 aromatic rings. The highest BCUT2D eigenvalue weighted by Crippen LogP contribution is 2.28. The molecule has 0 unspecified atom stereocenters. The molecule has 3 amide bonds. The Kier molecular flexibility index (Phi) is 5.71. The summed E-state index contributed by atoms with van der Waals surface area (Å²) < 4.78 is 0. The van der Waals surface area contributed by atoms with E-state index >= 15 is 0 Å². The Morgan fingerprint density at radius 1 is 0.966 bits per heavy atom. The Bertz CT molecular complexity index is 877. The number of para-hydroxylation sites is 1. The third-order valence-electron chi connectivity index (χ3n) is 5.93. The highest BCUT2D eigenvalue weighted by atomic mass is 16.2. The highest BCUT2D eigenvalue weighted by molar-refractivity contribution is 6.06. The quantitative estimate of drug-likeness (QED) is 0.756. The van der Waals surface area contributed by atoms with Crippen molar-refractivity contribution in [3.8, 4) is 0 Å². The molecule has 0 bridgehead atoms. The number of rotatable bonds is 5. The summed E-state index contributed by atoms with van der Waals surface area (Å²) in [6, 6.07) is 19.0. The van der Waals surface area contributed by atoms with E-state index in [1.807, 2.05) is 60.7 Å². The van der Waals surface area contributed by atoms with Crippen molar-refractivity contribution in [2.24, 2.45) is 5.92 Å². The molecule has 2 aliphatic rings. The van der Waals surface area contributed by atoms with Gasteiger partial charge >= 0.3 is 0 Å². The number of hydrogen-bond acceptors (Lipinski definition) is 3. The Balaban J connectivity index is 1.30. The molecule has 0 aliphatic carbocycles. The standard InChI is InChI=1S/C23H25N3O3/c27-21-15-20(17-7-3-1-4-8-17)23(29)26(21)16-25-13-11-18(12-14-25)22(28)24-19-9-5-2-6-10-19/h1-10,18,20H,11-16H2,(H,24,28)/p+1/t20-/m0/s1. The number of hydrogen-bond donors (Lipinski definition) is 2. The van der Waals surface area contributed by atoms with Gasteiger partial charge in [0.2, 0.25) is 17.7 Å². The van der Waals surface area contributed by atoms with Gasteiger partial charge in [0, 0.05) is 30.9 Å². The normalized spacial score (nSPS) is 24.6. The first-order chi connectivity index (χ1) is 14.1. The predicted molar refractivity (Wildman–Crippen MR) is 109 cm³/mol. The largest absolute Gasteiger partial charge is 0.326 e. The van der Waals surface area contributed by atoms with Crippen LogP contribution in [0.25, 0.3) is 0 Å². The Morgan fingerprint density at radius 3 is 2.24 bits per heavy atom. The average Bonchev–Trinajstić information content (AvgIpc) is 3.04. The van der Waals surface area contributed by atoms with Gasteiger partial charge in [0.05, 0.1) is 19.0 Å². The third-order valence-corrected chi connectivity index (χ3v) is 5.93. The number of benzene rings is 2. The molecule has 0 radical (unpaired) electrons. The summed E-state index contributed by atoms with van der Waals surface area (Å²) in [4.78, 5) is 40.3. The number of anilines is 1. The number of piperidine rings is 1. The smallest absolute Gasteiger partial charge is 0.241 e. The van der Waals surface area contributed by atoms with E-state index < -0.39 is 0 Å². The van der Waals surface area contributed by atoms with E-state index in [0.29, 0.717) is 6.67 Å². The lowest BCUT2D eigenvalue weighted by Gasteiger charge is -2.30. The van der Waals surface area contributed by atoms with Crippen LogP contribution in [0.4, 0.5) is 5.69 Å². The second-order valence-corrected chi connectivity index (χ2v) is 7.87. The fourth-order valence-corrected chi connectivity index (χ4v) is 4.23. The van der Waals surface area contributed by atoms with Crippen molar-refractivity contribution in [1.82, 2.24) is 4.90 Å². The number of carbonyl (C=O) groups is 3. The third kappa shape index (κ3) is 4.38. The molecular formula is C23H26N3O3+. The first kappa shape index (κ1) is 19.3. The molecule has 150 valence electrons. The van der Waals surface area contributed by atoms with Gasteiger partial charge in [-0.2, -0.15) is 0 Å². The van der Waals surface area contributed by atoms with E-state index in [1.54, 1.807) is 0 Å². The van der Waals surface area contributed by atoms with E-state index in [-0.39, 0.29) is 36.0 Å². The van der Waals surface area contributed by atoms with Crippen molar-refractivity contribution in [1.29, 1.82) is 0 Å². The zero-order valence-corrected chi connectivity index (χ0v) is 16.3. The van der Waals surface area contributed by atoms with Gasteiger partial charge in [-0.15, -0.1) is 0 Å². The van der Waals surface area contributed by atoms with Crippen molar-refractivity contribution < 1.29 is 19.3 Å². The molecule has 6 nitrogen and oxygen atoms in total. The second kappa shape index (κ2) is 8.57. The monoisotopic (exact) mass is 392 g/mol. The van der Waals surface area contributed by atoms with Crippen molar-refractivity contribution in [3.63, 3.8) is 0 Å². The Labute approximate surface area is 170 Å². The van der Waals surface area contributed by atoms with Crippen LogP contribution < -0.4 is 10.2 Å². The van der Waals surface area contributed by atoms with Gasteiger partial charge in [-0.25, -0.2) is 4.90 Å². The molecule has 2 aliphatic heterocycles. The van der Waals surface area contributed by atoms with Gasteiger partial charge in [-0.3, -0.25) is 14.4 Å². The summed E-state index contributed by atoms with van der Waals surface area (Å²) in [5, 5.41) is 2.97. The van der Waals surface area contributed by atoms with Gasteiger partial charge in [-0.05, 0) is 17.7 Å². The van der Waals surface area contributed by atoms with Crippen LogP contribution in [-0.4, -0.2) is 42.4 Å². The van der Waals surface area contributed by atoms with Crippen LogP contribution in [0.2, 0.25) is 0 Å².